The van der Waals surface area contributed by atoms with Crippen molar-refractivity contribution in [3.8, 4) is 0 Å². The van der Waals surface area contributed by atoms with Crippen LogP contribution >= 0.6 is 0 Å². The molecule has 1 aliphatic heterocycles. The van der Waals surface area contributed by atoms with E-state index < -0.39 is 0 Å². The highest BCUT2D eigenvalue weighted by molar-refractivity contribution is 5.81. The van der Waals surface area contributed by atoms with E-state index in [4.69, 9.17) is 11.5 Å². The first-order valence-electron chi connectivity index (χ1n) is 8.46. The van der Waals surface area contributed by atoms with Crippen molar-refractivity contribution in [1.82, 2.24) is 9.97 Å². The lowest BCUT2D eigenvalue weighted by molar-refractivity contribution is 0.750. The molecule has 2 heterocycles. The maximum Gasteiger partial charge on any atom is 0.222 e. The Bertz CT molecular complexity index is 716. The molecule has 5 nitrogen and oxygen atoms in total. The van der Waals surface area contributed by atoms with Crippen molar-refractivity contribution in [2.75, 3.05) is 23.7 Å². The highest BCUT2D eigenvalue weighted by atomic mass is 15.2. The van der Waals surface area contributed by atoms with Gasteiger partial charge in [0.2, 0.25) is 5.95 Å². The van der Waals surface area contributed by atoms with Gasteiger partial charge in [0.1, 0.15) is 5.82 Å². The van der Waals surface area contributed by atoms with Gasteiger partial charge < -0.3 is 16.4 Å². The number of nitrogens with two attached hydrogens (primary N) is 2. The second-order valence-electron chi connectivity index (χ2n) is 6.56. The van der Waals surface area contributed by atoms with Gasteiger partial charge in [-0.3, -0.25) is 0 Å². The van der Waals surface area contributed by atoms with Gasteiger partial charge in [0.05, 0.1) is 5.69 Å². The molecule has 0 amide bonds. The van der Waals surface area contributed by atoms with Gasteiger partial charge in [0, 0.05) is 30.3 Å². The Morgan fingerprint density at radius 3 is 2.83 bits per heavy atom. The van der Waals surface area contributed by atoms with Gasteiger partial charge in [-0.25, -0.2) is 4.98 Å². The molecule has 0 saturated carbocycles. The number of anilines is 2. The van der Waals surface area contributed by atoms with Gasteiger partial charge >= 0.3 is 0 Å². The van der Waals surface area contributed by atoms with Crippen LogP contribution in [0.15, 0.2) is 29.9 Å². The molecule has 0 radical (unpaired) electrons. The van der Waals surface area contributed by atoms with Crippen LogP contribution in [0.1, 0.15) is 36.9 Å². The van der Waals surface area contributed by atoms with Crippen molar-refractivity contribution in [2.24, 2.45) is 5.73 Å². The van der Waals surface area contributed by atoms with Crippen molar-refractivity contribution in [2.45, 2.75) is 38.1 Å². The molecule has 0 unspecified atom stereocenters. The number of aromatic nitrogens is 2. The zero-order valence-corrected chi connectivity index (χ0v) is 13.3. The zero-order chi connectivity index (χ0) is 15.8. The first kappa shape index (κ1) is 14.5. The number of rotatable bonds is 1. The summed E-state index contributed by atoms with van der Waals surface area (Å²) in [7, 11) is 0. The maximum atomic E-state index is 6.09. The molecule has 0 aromatic carbocycles. The van der Waals surface area contributed by atoms with Crippen LogP contribution in [-0.2, 0) is 6.42 Å². The van der Waals surface area contributed by atoms with E-state index in [0.717, 1.165) is 56.7 Å². The van der Waals surface area contributed by atoms with Gasteiger partial charge in [-0.2, -0.15) is 4.98 Å². The van der Waals surface area contributed by atoms with E-state index in [1.165, 1.54) is 16.7 Å². The summed E-state index contributed by atoms with van der Waals surface area (Å²) in [5.74, 6) is 1.35. The topological polar surface area (TPSA) is 81.1 Å². The molecule has 1 atom stereocenters. The Hall–Kier alpha value is -2.14. The molecule has 0 bridgehead atoms. The van der Waals surface area contributed by atoms with E-state index in [2.05, 4.69) is 39.2 Å². The van der Waals surface area contributed by atoms with Gasteiger partial charge in [0.25, 0.3) is 0 Å². The van der Waals surface area contributed by atoms with Crippen LogP contribution < -0.4 is 16.4 Å². The quantitative estimate of drug-likeness (QED) is 0.831. The Kier molecular flexibility index (Phi) is 3.65. The normalized spacial score (nSPS) is 23.5. The highest BCUT2D eigenvalue weighted by Crippen LogP contribution is 2.36. The number of nitrogen functional groups attached to an aromatic ring is 1. The van der Waals surface area contributed by atoms with Crippen molar-refractivity contribution in [1.29, 1.82) is 0 Å². The lowest BCUT2D eigenvalue weighted by atomic mass is 10.0. The minimum absolute atomic E-state index is 0.225. The number of nitrogens with zero attached hydrogens (tertiary/aromatic N) is 3. The maximum absolute atomic E-state index is 6.09. The number of allylic oxidation sites excluding steroid dienone is 6. The zero-order valence-electron chi connectivity index (χ0n) is 13.3. The van der Waals surface area contributed by atoms with Crippen LogP contribution in [0, 0.1) is 0 Å². The lowest BCUT2D eigenvalue weighted by Crippen LogP contribution is -2.28. The van der Waals surface area contributed by atoms with E-state index >= 15 is 0 Å². The second kappa shape index (κ2) is 5.81. The fraction of sp³-hybridized carbons (Fsp3) is 0.444. The van der Waals surface area contributed by atoms with Gasteiger partial charge in [-0.15, -0.1) is 0 Å². The van der Waals surface area contributed by atoms with Crippen molar-refractivity contribution in [3.05, 3.63) is 41.1 Å². The van der Waals surface area contributed by atoms with Crippen LogP contribution in [0.4, 0.5) is 11.8 Å². The predicted octanol–water partition coefficient (Wildman–Crippen LogP) is 2.20. The van der Waals surface area contributed by atoms with Crippen molar-refractivity contribution < 1.29 is 0 Å². The second-order valence-corrected chi connectivity index (χ2v) is 6.56. The van der Waals surface area contributed by atoms with Crippen LogP contribution in [0.2, 0.25) is 0 Å². The molecule has 23 heavy (non-hydrogen) atoms. The Morgan fingerprint density at radius 1 is 1.13 bits per heavy atom. The van der Waals surface area contributed by atoms with E-state index in [1.807, 2.05) is 0 Å². The van der Waals surface area contributed by atoms with Crippen LogP contribution in [-0.4, -0.2) is 29.1 Å². The van der Waals surface area contributed by atoms with E-state index in [0.29, 0.717) is 5.95 Å². The molecule has 5 heteroatoms. The summed E-state index contributed by atoms with van der Waals surface area (Å²) in [6.45, 7) is 1.80. The smallest absolute Gasteiger partial charge is 0.222 e. The average molecular weight is 309 g/mol. The molecule has 120 valence electrons. The van der Waals surface area contributed by atoms with E-state index in [9.17, 15) is 0 Å². The Balaban J connectivity index is 1.87. The molecular weight excluding hydrogens is 286 g/mol. The van der Waals surface area contributed by atoms with E-state index in [1.54, 1.807) is 0 Å². The monoisotopic (exact) mass is 309 g/mol. The standard InChI is InChI=1S/C18H23N5/c19-13-9-10-23(11-13)17-15-8-4-6-12-5-2-1-3-7-14(12)16(15)21-18(20)22-17/h2-3,5,7,13H,1,4,6,8-11,19H2,(H2,20,21,22)/t13-/m1/s1. The SMILES string of the molecule is Nc1nc2c(c(N3CC[C@@H](N)C3)n1)CCCC1=C2C=CCC=C1. The van der Waals surface area contributed by atoms with Crippen LogP contribution in [0.5, 0.6) is 0 Å². The summed E-state index contributed by atoms with van der Waals surface area (Å²) in [6, 6.07) is 0.225. The summed E-state index contributed by atoms with van der Waals surface area (Å²) in [5, 5.41) is 0. The summed E-state index contributed by atoms with van der Waals surface area (Å²) in [5.41, 5.74) is 17.0. The first-order chi connectivity index (χ1) is 11.2. The molecule has 1 aromatic rings. The molecule has 1 aromatic heterocycles. The number of hydrogen-bond donors (Lipinski definition) is 2. The molecule has 4 N–H and O–H groups in total. The lowest BCUT2D eigenvalue weighted by Gasteiger charge is -2.22. The number of hydrogen-bond acceptors (Lipinski definition) is 5. The number of fused-ring (bicyclic) bond motifs is 2. The van der Waals surface area contributed by atoms with Gasteiger partial charge in [0.15, 0.2) is 0 Å². The molecular formula is C18H23N5. The molecule has 4 rings (SSSR count). The van der Waals surface area contributed by atoms with E-state index in [-0.39, 0.29) is 6.04 Å². The van der Waals surface area contributed by atoms with Crippen molar-refractivity contribution in [3.63, 3.8) is 0 Å². The van der Waals surface area contributed by atoms with Crippen LogP contribution in [0.3, 0.4) is 0 Å². The summed E-state index contributed by atoms with van der Waals surface area (Å²) in [4.78, 5) is 11.5. The fourth-order valence-electron chi connectivity index (χ4n) is 3.76. The van der Waals surface area contributed by atoms with Gasteiger partial charge in [-0.05, 0) is 37.7 Å². The highest BCUT2D eigenvalue weighted by Gasteiger charge is 2.27. The average Bonchev–Trinajstić information content (AvgIpc) is 2.74. The van der Waals surface area contributed by atoms with Crippen molar-refractivity contribution >= 4 is 17.3 Å². The first-order valence-corrected chi connectivity index (χ1v) is 8.46. The fourth-order valence-corrected chi connectivity index (χ4v) is 3.76. The molecule has 1 fully saturated rings. The van der Waals surface area contributed by atoms with Gasteiger partial charge in [-0.1, -0.05) is 24.3 Å². The third-order valence-corrected chi connectivity index (χ3v) is 4.88. The summed E-state index contributed by atoms with van der Waals surface area (Å²) in [6.07, 6.45) is 14.0. The largest absolute Gasteiger partial charge is 0.368 e. The molecule has 3 aliphatic rings. The minimum Gasteiger partial charge on any atom is -0.368 e. The third-order valence-electron chi connectivity index (χ3n) is 4.88. The molecule has 1 saturated heterocycles. The predicted molar refractivity (Wildman–Crippen MR) is 94.0 cm³/mol. The van der Waals surface area contributed by atoms with Crippen LogP contribution in [0.25, 0.3) is 5.57 Å². The Morgan fingerprint density at radius 2 is 2.00 bits per heavy atom. The summed E-state index contributed by atoms with van der Waals surface area (Å²) >= 11 is 0. The summed E-state index contributed by atoms with van der Waals surface area (Å²) < 4.78 is 0. The third kappa shape index (κ3) is 2.65. The minimum atomic E-state index is 0.225. The molecule has 2 aliphatic carbocycles. The molecule has 0 spiro atoms. The Labute approximate surface area is 136 Å².